The summed E-state index contributed by atoms with van der Waals surface area (Å²) in [7, 11) is 1.62. The van der Waals surface area contributed by atoms with Gasteiger partial charge in [0.25, 0.3) is 0 Å². The van der Waals surface area contributed by atoms with E-state index >= 15 is 0 Å². The zero-order valence-electron chi connectivity index (χ0n) is 15.0. The number of para-hydroxylation sites is 1. The molecular weight excluding hydrogens is 320 g/mol. The summed E-state index contributed by atoms with van der Waals surface area (Å²) in [6.45, 7) is 3.85. The Morgan fingerprint density at radius 2 is 1.60 bits per heavy atom. The highest BCUT2D eigenvalue weighted by atomic mass is 16.4. The number of carbonyl (C=O) groups excluding carboxylic acids is 2. The fourth-order valence-electron chi connectivity index (χ4n) is 3.38. The van der Waals surface area contributed by atoms with Crippen molar-refractivity contribution in [2.75, 3.05) is 18.9 Å². The lowest BCUT2D eigenvalue weighted by atomic mass is 9.81. The number of nitrogens with zero attached hydrogens (tertiary/aromatic N) is 1. The van der Waals surface area contributed by atoms with Crippen molar-refractivity contribution in [3.05, 3.63) is 29.3 Å². The van der Waals surface area contributed by atoms with Crippen molar-refractivity contribution >= 4 is 23.5 Å². The highest BCUT2D eigenvalue weighted by Crippen LogP contribution is 2.30. The summed E-state index contributed by atoms with van der Waals surface area (Å²) in [6, 6.07) is 5.79. The Labute approximate surface area is 148 Å². The third-order valence-electron chi connectivity index (χ3n) is 4.93. The highest BCUT2D eigenvalue weighted by molar-refractivity contribution is 5.96. The molecule has 6 heteroatoms. The largest absolute Gasteiger partial charge is 0.481 e. The fraction of sp³-hybridized carbons (Fsp3) is 0.526. The molecule has 0 bridgehead atoms. The lowest BCUT2D eigenvalue weighted by Gasteiger charge is -2.28. The first kappa shape index (κ1) is 19.0. The molecule has 1 aliphatic carbocycles. The van der Waals surface area contributed by atoms with E-state index in [1.165, 1.54) is 4.90 Å². The van der Waals surface area contributed by atoms with E-state index < -0.39 is 5.97 Å². The van der Waals surface area contributed by atoms with Crippen LogP contribution in [0.15, 0.2) is 18.2 Å². The first-order valence-electron chi connectivity index (χ1n) is 8.63. The Balaban J connectivity index is 1.88. The number of likely N-dealkylation sites (N-methyl/N-ethyl adjacent to an activating group) is 1. The maximum atomic E-state index is 12.5. The van der Waals surface area contributed by atoms with Gasteiger partial charge in [-0.15, -0.1) is 0 Å². The van der Waals surface area contributed by atoms with E-state index in [9.17, 15) is 14.4 Å². The zero-order valence-corrected chi connectivity index (χ0v) is 15.0. The first-order valence-corrected chi connectivity index (χ1v) is 8.63. The molecule has 6 nitrogen and oxygen atoms in total. The second-order valence-electron chi connectivity index (χ2n) is 6.90. The molecule has 1 aromatic carbocycles. The van der Waals surface area contributed by atoms with Crippen molar-refractivity contribution in [3.8, 4) is 0 Å². The minimum absolute atomic E-state index is 0.00847. The number of aryl methyl sites for hydroxylation is 2. The van der Waals surface area contributed by atoms with Gasteiger partial charge in [-0.25, -0.2) is 0 Å². The number of nitrogens with one attached hydrogen (secondary N) is 1. The van der Waals surface area contributed by atoms with Crippen LogP contribution in [0.5, 0.6) is 0 Å². The predicted molar refractivity (Wildman–Crippen MR) is 95.3 cm³/mol. The third kappa shape index (κ3) is 4.81. The van der Waals surface area contributed by atoms with Gasteiger partial charge >= 0.3 is 5.97 Å². The molecule has 0 spiro atoms. The molecule has 2 N–H and O–H groups in total. The minimum Gasteiger partial charge on any atom is -0.481 e. The van der Waals surface area contributed by atoms with Crippen LogP contribution in [0.2, 0.25) is 0 Å². The maximum Gasteiger partial charge on any atom is 0.306 e. The van der Waals surface area contributed by atoms with Crippen LogP contribution in [0, 0.1) is 25.7 Å². The van der Waals surface area contributed by atoms with E-state index in [0.717, 1.165) is 16.8 Å². The summed E-state index contributed by atoms with van der Waals surface area (Å²) in [5, 5.41) is 11.9. The van der Waals surface area contributed by atoms with Crippen molar-refractivity contribution < 1.29 is 19.5 Å². The van der Waals surface area contributed by atoms with E-state index in [-0.39, 0.29) is 30.2 Å². The van der Waals surface area contributed by atoms with Gasteiger partial charge < -0.3 is 15.3 Å². The molecule has 0 unspecified atom stereocenters. The number of rotatable bonds is 5. The Hall–Kier alpha value is -2.37. The fourth-order valence-corrected chi connectivity index (χ4v) is 3.38. The summed E-state index contributed by atoms with van der Waals surface area (Å²) in [5.41, 5.74) is 2.75. The monoisotopic (exact) mass is 346 g/mol. The molecule has 1 saturated carbocycles. The molecule has 1 aromatic rings. The molecule has 1 fully saturated rings. The number of anilines is 1. The quantitative estimate of drug-likeness (QED) is 0.858. The van der Waals surface area contributed by atoms with Crippen LogP contribution in [0.25, 0.3) is 0 Å². The van der Waals surface area contributed by atoms with Crippen LogP contribution in [0.1, 0.15) is 36.8 Å². The Morgan fingerprint density at radius 3 is 2.12 bits per heavy atom. The van der Waals surface area contributed by atoms with E-state index in [2.05, 4.69) is 5.32 Å². The van der Waals surface area contributed by atoms with Crippen molar-refractivity contribution in [3.63, 3.8) is 0 Å². The molecule has 0 aromatic heterocycles. The number of benzene rings is 1. The summed E-state index contributed by atoms with van der Waals surface area (Å²) < 4.78 is 0. The van der Waals surface area contributed by atoms with Crippen LogP contribution in [-0.4, -0.2) is 41.4 Å². The van der Waals surface area contributed by atoms with Crippen molar-refractivity contribution in [2.45, 2.75) is 39.5 Å². The Morgan fingerprint density at radius 1 is 1.08 bits per heavy atom. The normalized spacial score (nSPS) is 20.0. The van der Waals surface area contributed by atoms with Crippen molar-refractivity contribution in [1.29, 1.82) is 0 Å². The SMILES string of the molecule is Cc1cccc(C)c1NC(=O)CN(C)C(=O)C1CCC(C(=O)O)CC1. The summed E-state index contributed by atoms with van der Waals surface area (Å²) in [6.07, 6.45) is 2.18. The number of aliphatic carboxylic acids is 1. The van der Waals surface area contributed by atoms with Gasteiger partial charge in [-0.3, -0.25) is 14.4 Å². The van der Waals surface area contributed by atoms with Gasteiger partial charge in [-0.05, 0) is 50.7 Å². The summed E-state index contributed by atoms with van der Waals surface area (Å²) in [4.78, 5) is 37.2. The van der Waals surface area contributed by atoms with Gasteiger partial charge in [0.2, 0.25) is 11.8 Å². The van der Waals surface area contributed by atoms with Crippen LogP contribution in [0.4, 0.5) is 5.69 Å². The van der Waals surface area contributed by atoms with Crippen molar-refractivity contribution in [2.24, 2.45) is 11.8 Å². The Kier molecular flexibility index (Phi) is 6.17. The van der Waals surface area contributed by atoms with Gasteiger partial charge in [0, 0.05) is 18.7 Å². The number of hydrogen-bond donors (Lipinski definition) is 2. The van der Waals surface area contributed by atoms with Crippen LogP contribution >= 0.6 is 0 Å². The second-order valence-corrected chi connectivity index (χ2v) is 6.90. The van der Waals surface area contributed by atoms with E-state index in [4.69, 9.17) is 5.11 Å². The molecular formula is C19H26N2O4. The smallest absolute Gasteiger partial charge is 0.306 e. The van der Waals surface area contributed by atoms with E-state index in [0.29, 0.717) is 25.7 Å². The van der Waals surface area contributed by atoms with Gasteiger partial charge in [-0.1, -0.05) is 18.2 Å². The molecule has 0 atom stereocenters. The first-order chi connectivity index (χ1) is 11.8. The molecule has 0 aliphatic heterocycles. The third-order valence-corrected chi connectivity index (χ3v) is 4.93. The standard InChI is InChI=1S/C19H26N2O4/c1-12-5-4-6-13(2)17(12)20-16(22)11-21(3)18(23)14-7-9-15(10-8-14)19(24)25/h4-6,14-15H,7-11H2,1-3H3,(H,20,22)(H,24,25). The second kappa shape index (κ2) is 8.14. The lowest BCUT2D eigenvalue weighted by Crippen LogP contribution is -2.40. The highest BCUT2D eigenvalue weighted by Gasteiger charge is 2.31. The average molecular weight is 346 g/mol. The molecule has 2 amide bonds. The molecule has 25 heavy (non-hydrogen) atoms. The van der Waals surface area contributed by atoms with E-state index in [1.807, 2.05) is 32.0 Å². The molecule has 136 valence electrons. The van der Waals surface area contributed by atoms with Gasteiger partial charge in [0.15, 0.2) is 0 Å². The maximum absolute atomic E-state index is 12.5. The zero-order chi connectivity index (χ0) is 18.6. The van der Waals surface area contributed by atoms with Crippen molar-refractivity contribution in [1.82, 2.24) is 4.90 Å². The van der Waals surface area contributed by atoms with Crippen LogP contribution in [0.3, 0.4) is 0 Å². The Bertz CT molecular complexity index is 643. The van der Waals surface area contributed by atoms with Gasteiger partial charge in [0.1, 0.15) is 0 Å². The molecule has 1 aliphatic rings. The number of carbonyl (C=O) groups is 3. The number of carboxylic acids is 1. The number of hydrogen-bond acceptors (Lipinski definition) is 3. The topological polar surface area (TPSA) is 86.7 Å². The summed E-state index contributed by atoms with van der Waals surface area (Å²) in [5.74, 6) is -1.63. The number of carboxylic acid groups (broad SMARTS) is 1. The summed E-state index contributed by atoms with van der Waals surface area (Å²) >= 11 is 0. The van der Waals surface area contributed by atoms with Gasteiger partial charge in [0.05, 0.1) is 12.5 Å². The number of amides is 2. The minimum atomic E-state index is -0.785. The van der Waals surface area contributed by atoms with Crippen LogP contribution < -0.4 is 5.32 Å². The lowest BCUT2D eigenvalue weighted by molar-refractivity contribution is -0.145. The molecule has 0 heterocycles. The predicted octanol–water partition coefficient (Wildman–Crippen LogP) is 2.59. The van der Waals surface area contributed by atoms with E-state index in [1.54, 1.807) is 7.05 Å². The molecule has 2 rings (SSSR count). The van der Waals surface area contributed by atoms with Crippen LogP contribution in [-0.2, 0) is 14.4 Å². The van der Waals surface area contributed by atoms with Gasteiger partial charge in [-0.2, -0.15) is 0 Å². The molecule has 0 saturated heterocycles. The average Bonchev–Trinajstić information content (AvgIpc) is 2.57. The molecule has 0 radical (unpaired) electrons.